The molecular weight excluding hydrogens is 536 g/mol. The van der Waals surface area contributed by atoms with Crippen LogP contribution < -0.4 is 5.73 Å². The number of phenolic OH excluding ortho intramolecular Hbond substituents is 1. The third kappa shape index (κ3) is 4.16. The molecule has 2 aromatic rings. The van der Waals surface area contributed by atoms with Gasteiger partial charge in [-0.15, -0.1) is 0 Å². The molecule has 42 heavy (non-hydrogen) atoms. The summed E-state index contributed by atoms with van der Waals surface area (Å²) in [5.41, 5.74) is 6.14. The van der Waals surface area contributed by atoms with Crippen molar-refractivity contribution in [1.29, 1.82) is 0 Å². The third-order valence-corrected chi connectivity index (χ3v) is 10.1. The number of benzene rings is 2. The van der Waals surface area contributed by atoms with Gasteiger partial charge >= 0.3 is 0 Å². The SMILES string of the molecule is CC(C)[C@@H]1C(=O)C(C(N)=O)C(=O)[C@@]2(O)C(=O)C3C(=O)c4c(O)ccc(-c5ccc(CN6CCCC6)cc5)c4C[C@H]3C[C@@H]12. The maximum Gasteiger partial charge on any atom is 0.235 e. The molecule has 1 amide bonds. The van der Waals surface area contributed by atoms with Crippen LogP contribution in [0.3, 0.4) is 0 Å². The lowest BCUT2D eigenvalue weighted by Gasteiger charge is -2.52. The predicted molar refractivity (Wildman–Crippen MR) is 152 cm³/mol. The van der Waals surface area contributed by atoms with E-state index in [1.54, 1.807) is 19.9 Å². The molecule has 2 aromatic carbocycles. The lowest BCUT2D eigenvalue weighted by molar-refractivity contribution is -0.182. The summed E-state index contributed by atoms with van der Waals surface area (Å²) in [6.45, 7) is 6.51. The van der Waals surface area contributed by atoms with Crippen LogP contribution in [0.1, 0.15) is 54.6 Å². The van der Waals surface area contributed by atoms with E-state index in [0.717, 1.165) is 30.8 Å². The van der Waals surface area contributed by atoms with Crippen LogP contribution in [0.25, 0.3) is 11.1 Å². The minimum absolute atomic E-state index is 0.0106. The number of nitrogens with two attached hydrogens (primary N) is 1. The highest BCUT2D eigenvalue weighted by Gasteiger charge is 2.69. The molecule has 0 spiro atoms. The second kappa shape index (κ2) is 10.2. The molecule has 0 radical (unpaired) electrons. The van der Waals surface area contributed by atoms with Crippen LogP contribution >= 0.6 is 0 Å². The Balaban J connectivity index is 1.39. The lowest BCUT2D eigenvalue weighted by atomic mass is 9.49. The van der Waals surface area contributed by atoms with Gasteiger partial charge in [0, 0.05) is 18.4 Å². The van der Waals surface area contributed by atoms with Gasteiger partial charge in [-0.05, 0) is 78.9 Å². The molecule has 9 nitrogen and oxygen atoms in total. The van der Waals surface area contributed by atoms with E-state index in [4.69, 9.17) is 5.73 Å². The Kier molecular flexibility index (Phi) is 6.93. The number of fused-ring (bicyclic) bond motifs is 3. The average Bonchev–Trinajstić information content (AvgIpc) is 3.44. The first-order chi connectivity index (χ1) is 19.9. The molecule has 2 unspecified atom stereocenters. The average molecular weight is 573 g/mol. The molecule has 3 fully saturated rings. The monoisotopic (exact) mass is 572 g/mol. The van der Waals surface area contributed by atoms with Crippen LogP contribution in [0.15, 0.2) is 36.4 Å². The van der Waals surface area contributed by atoms with Crippen LogP contribution in [0.4, 0.5) is 0 Å². The maximum absolute atomic E-state index is 14.0. The molecule has 3 aliphatic carbocycles. The van der Waals surface area contributed by atoms with Crippen LogP contribution in [0.2, 0.25) is 0 Å². The van der Waals surface area contributed by atoms with E-state index in [1.165, 1.54) is 24.5 Å². The number of nitrogens with zero attached hydrogens (tertiary/aromatic N) is 1. The number of phenols is 1. The Labute approximate surface area is 244 Å². The van der Waals surface area contributed by atoms with Gasteiger partial charge in [0.25, 0.3) is 0 Å². The molecule has 0 bridgehead atoms. The fraction of sp³-hybridized carbons (Fsp3) is 0.485. The van der Waals surface area contributed by atoms with E-state index < -0.39 is 70.1 Å². The molecule has 4 N–H and O–H groups in total. The van der Waals surface area contributed by atoms with Gasteiger partial charge in [-0.2, -0.15) is 0 Å². The number of hydrogen-bond donors (Lipinski definition) is 3. The summed E-state index contributed by atoms with van der Waals surface area (Å²) in [4.78, 5) is 69.3. The number of rotatable bonds is 5. The van der Waals surface area contributed by atoms with Crippen molar-refractivity contribution in [3.63, 3.8) is 0 Å². The Morgan fingerprint density at radius 2 is 1.69 bits per heavy atom. The van der Waals surface area contributed by atoms with Crippen molar-refractivity contribution >= 4 is 29.0 Å². The Bertz CT molecular complexity index is 1510. The minimum Gasteiger partial charge on any atom is -0.507 e. The molecule has 9 heteroatoms. The van der Waals surface area contributed by atoms with Crippen molar-refractivity contribution < 1.29 is 34.2 Å². The lowest BCUT2D eigenvalue weighted by Crippen LogP contribution is -2.71. The number of ketones is 4. The summed E-state index contributed by atoms with van der Waals surface area (Å²) in [5, 5.41) is 22.6. The van der Waals surface area contributed by atoms with Gasteiger partial charge in [0.15, 0.2) is 34.7 Å². The number of carbonyl (C=O) groups is 5. The quantitative estimate of drug-likeness (QED) is 0.462. The van der Waals surface area contributed by atoms with Crippen molar-refractivity contribution in [2.45, 2.75) is 51.7 Å². The van der Waals surface area contributed by atoms with Crippen LogP contribution in [0.5, 0.6) is 5.75 Å². The number of aromatic hydroxyl groups is 1. The van der Waals surface area contributed by atoms with Crippen LogP contribution in [-0.2, 0) is 32.1 Å². The fourth-order valence-electron chi connectivity index (χ4n) is 8.11. The first-order valence-electron chi connectivity index (χ1n) is 14.8. The van der Waals surface area contributed by atoms with Gasteiger partial charge in [-0.25, -0.2) is 0 Å². The van der Waals surface area contributed by atoms with E-state index in [0.29, 0.717) is 5.56 Å². The first kappa shape index (κ1) is 28.4. The second-order valence-electron chi connectivity index (χ2n) is 12.8. The zero-order valence-electron chi connectivity index (χ0n) is 23.8. The summed E-state index contributed by atoms with van der Waals surface area (Å²) in [5.74, 6) is -11.4. The van der Waals surface area contributed by atoms with E-state index in [-0.39, 0.29) is 24.2 Å². The zero-order chi connectivity index (χ0) is 30.1. The molecule has 1 heterocycles. The number of primary amides is 1. The van der Waals surface area contributed by atoms with Gasteiger partial charge in [0.2, 0.25) is 5.91 Å². The van der Waals surface area contributed by atoms with Crippen molar-refractivity contribution in [2.75, 3.05) is 13.1 Å². The molecule has 2 saturated carbocycles. The summed E-state index contributed by atoms with van der Waals surface area (Å²) in [6, 6.07) is 11.3. The van der Waals surface area contributed by atoms with E-state index in [9.17, 15) is 34.2 Å². The van der Waals surface area contributed by atoms with Gasteiger partial charge in [0.1, 0.15) is 5.75 Å². The molecule has 6 atom stereocenters. The Morgan fingerprint density at radius 3 is 2.31 bits per heavy atom. The van der Waals surface area contributed by atoms with Crippen molar-refractivity contribution in [1.82, 2.24) is 4.90 Å². The zero-order valence-corrected chi connectivity index (χ0v) is 23.8. The number of Topliss-reactive ketones (excluding diaryl/α,β-unsaturated/α-hetero) is 4. The smallest absolute Gasteiger partial charge is 0.235 e. The van der Waals surface area contributed by atoms with Gasteiger partial charge in [-0.3, -0.25) is 28.9 Å². The maximum atomic E-state index is 14.0. The summed E-state index contributed by atoms with van der Waals surface area (Å²) < 4.78 is 0. The normalized spacial score (nSPS) is 31.2. The molecule has 0 aromatic heterocycles. The van der Waals surface area contributed by atoms with Gasteiger partial charge < -0.3 is 15.9 Å². The van der Waals surface area contributed by atoms with E-state index in [1.807, 2.05) is 12.1 Å². The van der Waals surface area contributed by atoms with Crippen molar-refractivity contribution in [2.24, 2.45) is 41.2 Å². The first-order valence-corrected chi connectivity index (χ1v) is 14.8. The number of carbonyl (C=O) groups excluding carboxylic acids is 5. The minimum atomic E-state index is -2.69. The van der Waals surface area contributed by atoms with E-state index >= 15 is 0 Å². The van der Waals surface area contributed by atoms with Crippen molar-refractivity contribution in [3.8, 4) is 16.9 Å². The van der Waals surface area contributed by atoms with Crippen molar-refractivity contribution in [3.05, 3.63) is 53.1 Å². The molecule has 220 valence electrons. The number of hydrogen-bond acceptors (Lipinski definition) is 8. The summed E-state index contributed by atoms with van der Waals surface area (Å²) >= 11 is 0. The van der Waals surface area contributed by atoms with Crippen LogP contribution in [-0.4, -0.2) is 62.8 Å². The number of amides is 1. The largest absolute Gasteiger partial charge is 0.507 e. The Hall–Kier alpha value is -3.69. The number of likely N-dealkylation sites (tertiary alicyclic amines) is 1. The topological polar surface area (TPSA) is 155 Å². The predicted octanol–water partition coefficient (Wildman–Crippen LogP) is 2.47. The summed E-state index contributed by atoms with van der Waals surface area (Å²) in [6.07, 6.45) is 2.73. The van der Waals surface area contributed by atoms with Crippen LogP contribution in [0, 0.1) is 35.5 Å². The molecule has 1 aliphatic heterocycles. The summed E-state index contributed by atoms with van der Waals surface area (Å²) in [7, 11) is 0. The highest BCUT2D eigenvalue weighted by molar-refractivity contribution is 6.32. The number of aliphatic hydroxyl groups is 1. The highest BCUT2D eigenvalue weighted by Crippen LogP contribution is 2.53. The van der Waals surface area contributed by atoms with Gasteiger partial charge in [-0.1, -0.05) is 44.2 Å². The molecule has 6 rings (SSSR count). The van der Waals surface area contributed by atoms with E-state index in [2.05, 4.69) is 17.0 Å². The third-order valence-electron chi connectivity index (χ3n) is 10.1. The molecule has 4 aliphatic rings. The van der Waals surface area contributed by atoms with Gasteiger partial charge in [0.05, 0.1) is 11.5 Å². The standard InChI is InChI=1S/C33H36N2O7/c1-16(2)24-22-14-19-13-21-20(18-7-5-17(6-8-18)15-35-11-3-4-12-35)9-10-23(36)26(21)29(38)25(19)30(39)33(22,42)31(40)27(28(24)37)32(34)41/h5-10,16,19,22,24-25,27,36,42H,3-4,11-15H2,1-2H3,(H2,34,41)/t19-,22-,24-,25?,27?,33-/m0/s1. The second-order valence-corrected chi connectivity index (χ2v) is 12.8. The fourth-order valence-corrected chi connectivity index (χ4v) is 8.11. The molecular formula is C33H36N2O7. The Morgan fingerprint density at radius 1 is 1.02 bits per heavy atom. The molecule has 1 saturated heterocycles. The highest BCUT2D eigenvalue weighted by atomic mass is 16.3.